The molecule has 1 heterocycles. The number of aryl methyl sites for hydroxylation is 1. The summed E-state index contributed by atoms with van der Waals surface area (Å²) in [7, 11) is -3.80. The van der Waals surface area contributed by atoms with E-state index in [0.717, 1.165) is 0 Å². The minimum absolute atomic E-state index is 0.00216. The van der Waals surface area contributed by atoms with Gasteiger partial charge in [0.05, 0.1) is 22.3 Å². The molecule has 7 heteroatoms. The molecule has 1 N–H and O–H groups in total. The van der Waals surface area contributed by atoms with Crippen molar-refractivity contribution in [1.82, 2.24) is 4.98 Å². The molecule has 2 rings (SSSR count). The first kappa shape index (κ1) is 14.3. The zero-order chi connectivity index (χ0) is 14.8. The third kappa shape index (κ3) is 3.07. The number of benzene rings is 1. The van der Waals surface area contributed by atoms with E-state index in [-0.39, 0.29) is 9.92 Å². The number of nitrogens with one attached hydrogen (secondary N) is 1. The molecule has 102 valence electrons. The Kier molecular flexibility index (Phi) is 3.93. The Balaban J connectivity index is 2.39. The van der Waals surface area contributed by atoms with Crippen LogP contribution in [0.3, 0.4) is 0 Å². The number of pyridine rings is 1. The maximum atomic E-state index is 12.2. The number of anilines is 1. The smallest absolute Gasteiger partial charge is 0.263 e. The molecule has 0 aliphatic heterocycles. The highest BCUT2D eigenvalue weighted by Crippen LogP contribution is 2.24. The van der Waals surface area contributed by atoms with Crippen LogP contribution in [-0.4, -0.2) is 13.4 Å². The van der Waals surface area contributed by atoms with Crippen molar-refractivity contribution in [2.24, 2.45) is 0 Å². The maximum absolute atomic E-state index is 12.2. The molecule has 0 saturated heterocycles. The quantitative estimate of drug-likeness (QED) is 0.945. The molecular formula is C13H10ClN3O2S. The van der Waals surface area contributed by atoms with Crippen LogP contribution in [0.1, 0.15) is 11.3 Å². The summed E-state index contributed by atoms with van der Waals surface area (Å²) in [4.78, 5) is 3.91. The van der Waals surface area contributed by atoms with Gasteiger partial charge in [0, 0.05) is 11.9 Å². The first-order chi connectivity index (χ1) is 9.42. The molecular weight excluding hydrogens is 298 g/mol. The van der Waals surface area contributed by atoms with Gasteiger partial charge in [-0.15, -0.1) is 0 Å². The first-order valence-electron chi connectivity index (χ1n) is 5.57. The third-order valence-corrected chi connectivity index (χ3v) is 4.36. The Labute approximate surface area is 121 Å². The van der Waals surface area contributed by atoms with E-state index in [1.165, 1.54) is 24.4 Å². The lowest BCUT2D eigenvalue weighted by Crippen LogP contribution is -2.13. The van der Waals surface area contributed by atoms with E-state index in [2.05, 4.69) is 9.71 Å². The summed E-state index contributed by atoms with van der Waals surface area (Å²) in [5.41, 5.74) is 1.39. The van der Waals surface area contributed by atoms with Crippen LogP contribution >= 0.6 is 11.6 Å². The Hall–Kier alpha value is -2.10. The summed E-state index contributed by atoms with van der Waals surface area (Å²) in [6.07, 6.45) is 1.51. The van der Waals surface area contributed by atoms with Crippen molar-refractivity contribution in [1.29, 1.82) is 5.26 Å². The average molecular weight is 308 g/mol. The van der Waals surface area contributed by atoms with E-state index in [4.69, 9.17) is 16.9 Å². The van der Waals surface area contributed by atoms with Crippen LogP contribution < -0.4 is 4.72 Å². The van der Waals surface area contributed by atoms with E-state index < -0.39 is 10.0 Å². The Morgan fingerprint density at radius 2 is 2.05 bits per heavy atom. The van der Waals surface area contributed by atoms with Gasteiger partial charge in [-0.2, -0.15) is 5.26 Å². The van der Waals surface area contributed by atoms with Gasteiger partial charge in [-0.1, -0.05) is 11.6 Å². The molecule has 0 bridgehead atoms. The molecule has 0 aliphatic carbocycles. The van der Waals surface area contributed by atoms with Crippen molar-refractivity contribution in [2.45, 2.75) is 11.8 Å². The van der Waals surface area contributed by atoms with Gasteiger partial charge in [0.25, 0.3) is 10.0 Å². The number of halogens is 1. The minimum atomic E-state index is -3.80. The molecule has 0 spiro atoms. The molecule has 0 unspecified atom stereocenters. The van der Waals surface area contributed by atoms with E-state index in [1.54, 1.807) is 19.1 Å². The average Bonchev–Trinajstić information content (AvgIpc) is 2.37. The summed E-state index contributed by atoms with van der Waals surface area (Å²) < 4.78 is 26.9. The van der Waals surface area contributed by atoms with Gasteiger partial charge in [-0.3, -0.25) is 9.71 Å². The van der Waals surface area contributed by atoms with E-state index in [0.29, 0.717) is 16.9 Å². The van der Waals surface area contributed by atoms with Crippen LogP contribution in [0, 0.1) is 18.3 Å². The third-order valence-electron chi connectivity index (χ3n) is 2.50. The zero-order valence-electron chi connectivity index (χ0n) is 10.5. The van der Waals surface area contributed by atoms with Crippen molar-refractivity contribution in [3.05, 3.63) is 52.8 Å². The molecule has 0 atom stereocenters. The molecule has 5 nitrogen and oxygen atoms in total. The SMILES string of the molecule is Cc1cc(NS(=O)(=O)c2ccc(C#N)cc2Cl)ccn1. The molecule has 0 saturated carbocycles. The second kappa shape index (κ2) is 5.49. The van der Waals surface area contributed by atoms with Gasteiger partial charge in [0.1, 0.15) is 4.90 Å². The minimum Gasteiger partial charge on any atom is -0.279 e. The lowest BCUT2D eigenvalue weighted by molar-refractivity contribution is 0.601. The molecule has 0 fully saturated rings. The van der Waals surface area contributed by atoms with Gasteiger partial charge in [-0.05, 0) is 37.3 Å². The fraction of sp³-hybridized carbons (Fsp3) is 0.0769. The van der Waals surface area contributed by atoms with Crippen LogP contribution in [0.5, 0.6) is 0 Å². The lowest BCUT2D eigenvalue weighted by Gasteiger charge is -2.09. The van der Waals surface area contributed by atoms with Gasteiger partial charge in [0.15, 0.2) is 0 Å². The van der Waals surface area contributed by atoms with Crippen molar-refractivity contribution in [2.75, 3.05) is 4.72 Å². The highest BCUT2D eigenvalue weighted by molar-refractivity contribution is 7.92. The number of nitrogens with zero attached hydrogens (tertiary/aromatic N) is 2. The van der Waals surface area contributed by atoms with Crippen LogP contribution in [-0.2, 0) is 10.0 Å². The molecule has 0 radical (unpaired) electrons. The summed E-state index contributed by atoms with van der Waals surface area (Å²) >= 11 is 5.91. The van der Waals surface area contributed by atoms with Crippen LogP contribution in [0.15, 0.2) is 41.4 Å². The van der Waals surface area contributed by atoms with E-state index in [9.17, 15) is 8.42 Å². The monoisotopic (exact) mass is 307 g/mol. The molecule has 2 aromatic rings. The fourth-order valence-corrected chi connectivity index (χ4v) is 3.20. The van der Waals surface area contributed by atoms with Crippen molar-refractivity contribution in [3.63, 3.8) is 0 Å². The number of aromatic nitrogens is 1. The van der Waals surface area contributed by atoms with Gasteiger partial charge in [0.2, 0.25) is 0 Å². The number of rotatable bonds is 3. The number of hydrogen-bond donors (Lipinski definition) is 1. The summed E-state index contributed by atoms with van der Waals surface area (Å²) in [5.74, 6) is 0. The Bertz CT molecular complexity index is 798. The highest BCUT2D eigenvalue weighted by Gasteiger charge is 2.18. The molecule has 20 heavy (non-hydrogen) atoms. The van der Waals surface area contributed by atoms with Crippen molar-refractivity contribution < 1.29 is 8.42 Å². The number of sulfonamides is 1. The number of nitriles is 1. The highest BCUT2D eigenvalue weighted by atomic mass is 35.5. The standard InChI is InChI=1S/C13H10ClN3O2S/c1-9-6-11(4-5-16-9)17-20(18,19)13-3-2-10(8-15)7-12(13)14/h2-7H,1H3,(H,16,17). The topological polar surface area (TPSA) is 82.9 Å². The molecule has 0 amide bonds. The van der Waals surface area contributed by atoms with Gasteiger partial charge < -0.3 is 0 Å². The van der Waals surface area contributed by atoms with Crippen molar-refractivity contribution in [3.8, 4) is 6.07 Å². The molecule has 1 aromatic heterocycles. The summed E-state index contributed by atoms with van der Waals surface area (Å²) in [6, 6.07) is 9.06. The predicted molar refractivity (Wildman–Crippen MR) is 75.9 cm³/mol. The second-order valence-corrected chi connectivity index (χ2v) is 6.11. The van der Waals surface area contributed by atoms with Gasteiger partial charge >= 0.3 is 0 Å². The van der Waals surface area contributed by atoms with Crippen molar-refractivity contribution >= 4 is 27.3 Å². The lowest BCUT2D eigenvalue weighted by atomic mass is 10.2. The number of hydrogen-bond acceptors (Lipinski definition) is 4. The van der Waals surface area contributed by atoms with Crippen LogP contribution in [0.4, 0.5) is 5.69 Å². The van der Waals surface area contributed by atoms with E-state index >= 15 is 0 Å². The maximum Gasteiger partial charge on any atom is 0.263 e. The Morgan fingerprint density at radius 1 is 1.30 bits per heavy atom. The zero-order valence-corrected chi connectivity index (χ0v) is 12.0. The first-order valence-corrected chi connectivity index (χ1v) is 7.43. The van der Waals surface area contributed by atoms with Crippen LogP contribution in [0.25, 0.3) is 0 Å². The predicted octanol–water partition coefficient (Wildman–Crippen LogP) is 2.72. The summed E-state index contributed by atoms with van der Waals surface area (Å²) in [5, 5.41) is 8.74. The Morgan fingerprint density at radius 3 is 2.65 bits per heavy atom. The molecule has 1 aromatic carbocycles. The molecule has 0 aliphatic rings. The van der Waals surface area contributed by atoms with Crippen LogP contribution in [0.2, 0.25) is 5.02 Å². The van der Waals surface area contributed by atoms with E-state index in [1.807, 2.05) is 6.07 Å². The second-order valence-electron chi connectivity index (χ2n) is 4.05. The summed E-state index contributed by atoms with van der Waals surface area (Å²) in [6.45, 7) is 1.76. The largest absolute Gasteiger partial charge is 0.279 e. The normalized spacial score (nSPS) is 10.8. The fourth-order valence-electron chi connectivity index (χ4n) is 1.61. The van der Waals surface area contributed by atoms with Gasteiger partial charge in [-0.25, -0.2) is 8.42 Å².